The number of benzene rings is 1. The second kappa shape index (κ2) is 7.76. The van der Waals surface area contributed by atoms with E-state index in [4.69, 9.17) is 4.74 Å². The van der Waals surface area contributed by atoms with E-state index in [-0.39, 0.29) is 22.5 Å². The molecule has 0 radical (unpaired) electrons. The van der Waals surface area contributed by atoms with E-state index >= 15 is 0 Å². The number of rotatable bonds is 5. The van der Waals surface area contributed by atoms with Gasteiger partial charge >= 0.3 is 5.97 Å². The number of carboxylic acids is 1. The van der Waals surface area contributed by atoms with Gasteiger partial charge in [0.25, 0.3) is 0 Å². The molecule has 3 rings (SSSR count). The van der Waals surface area contributed by atoms with Crippen molar-refractivity contribution in [3.8, 4) is 0 Å². The molecule has 0 saturated carbocycles. The predicted molar refractivity (Wildman–Crippen MR) is 103 cm³/mol. The zero-order chi connectivity index (χ0) is 20.6. The number of imide groups is 1. The van der Waals surface area contributed by atoms with Gasteiger partial charge in [-0.2, -0.15) is 0 Å². The van der Waals surface area contributed by atoms with E-state index in [2.05, 4.69) is 0 Å². The molecule has 0 bridgehead atoms. The van der Waals surface area contributed by atoms with Crippen LogP contribution in [-0.2, 0) is 14.3 Å². The zero-order valence-corrected chi connectivity index (χ0v) is 16.9. The monoisotopic (exact) mass is 418 g/mol. The van der Waals surface area contributed by atoms with Crippen LogP contribution in [0, 0.1) is 13.8 Å². The van der Waals surface area contributed by atoms with Crippen LogP contribution < -0.4 is 10.0 Å². The Morgan fingerprint density at radius 1 is 1.25 bits per heavy atom. The lowest BCUT2D eigenvalue weighted by atomic mass is 10.1. The maximum atomic E-state index is 13.0. The molecule has 1 aliphatic heterocycles. The Kier molecular flexibility index (Phi) is 5.57. The highest BCUT2D eigenvalue weighted by Gasteiger charge is 2.43. The third kappa shape index (κ3) is 3.43. The number of carboxylic acid groups (broad SMARTS) is 1. The second-order valence-corrected chi connectivity index (χ2v) is 8.56. The van der Waals surface area contributed by atoms with Crippen molar-refractivity contribution >= 4 is 51.9 Å². The molecule has 9 heteroatoms. The highest BCUT2D eigenvalue weighted by Crippen LogP contribution is 2.41. The minimum atomic E-state index is -1.35. The highest BCUT2D eigenvalue weighted by atomic mass is 32.2. The number of thioether (sulfide) groups is 1. The summed E-state index contributed by atoms with van der Waals surface area (Å²) < 4.78 is 4.81. The molecule has 2 amide bonds. The fourth-order valence-corrected chi connectivity index (χ4v) is 5.25. The third-order valence-electron chi connectivity index (χ3n) is 4.44. The number of carbonyl (C=O) groups excluding carboxylic acids is 4. The molecule has 1 fully saturated rings. The molecule has 7 nitrogen and oxygen atoms in total. The first kappa shape index (κ1) is 20.1. The van der Waals surface area contributed by atoms with E-state index in [1.165, 1.54) is 24.5 Å². The molecule has 1 atom stereocenters. The predicted octanol–water partition coefficient (Wildman–Crippen LogP) is 1.94. The van der Waals surface area contributed by atoms with Gasteiger partial charge in [-0.1, -0.05) is 18.2 Å². The standard InChI is InChI=1S/C19H17NO6S2/c1-9-10(2)27-17(15(9)19(25)26-3)20-14(21)8-13(16(20)22)28-12-7-5-4-6-11(12)18(23)24/h4-7,13H,8H2,1-3H3,(H,23,24)/p-1/t13-/m1/s1. The van der Waals surface area contributed by atoms with Crippen molar-refractivity contribution < 1.29 is 29.0 Å². The van der Waals surface area contributed by atoms with Gasteiger partial charge in [-0.25, -0.2) is 9.69 Å². The Morgan fingerprint density at radius 2 is 1.93 bits per heavy atom. The van der Waals surface area contributed by atoms with Crippen molar-refractivity contribution in [3.05, 3.63) is 45.8 Å². The van der Waals surface area contributed by atoms with E-state index in [0.29, 0.717) is 10.5 Å². The Balaban J connectivity index is 1.95. The summed E-state index contributed by atoms with van der Waals surface area (Å²) in [6, 6.07) is 6.16. The fraction of sp³-hybridized carbons (Fsp3) is 0.263. The number of anilines is 1. The van der Waals surface area contributed by atoms with Crippen LogP contribution in [0.4, 0.5) is 5.00 Å². The third-order valence-corrected chi connectivity index (χ3v) is 6.90. The summed E-state index contributed by atoms with van der Waals surface area (Å²) in [5.74, 6) is -2.90. The Morgan fingerprint density at radius 3 is 2.57 bits per heavy atom. The van der Waals surface area contributed by atoms with Crippen molar-refractivity contribution in [1.82, 2.24) is 0 Å². The minimum Gasteiger partial charge on any atom is -0.545 e. The van der Waals surface area contributed by atoms with Crippen LogP contribution in [-0.4, -0.2) is 36.1 Å². The lowest BCUT2D eigenvalue weighted by Gasteiger charge is -2.16. The van der Waals surface area contributed by atoms with Gasteiger partial charge in [-0.3, -0.25) is 9.59 Å². The number of ether oxygens (including phenoxy) is 1. The van der Waals surface area contributed by atoms with Crippen LogP contribution in [0.25, 0.3) is 0 Å². The Bertz CT molecular complexity index is 996. The van der Waals surface area contributed by atoms with E-state index in [1.54, 1.807) is 32.0 Å². The number of aromatic carboxylic acids is 1. The van der Waals surface area contributed by atoms with Crippen molar-refractivity contribution in [1.29, 1.82) is 0 Å². The largest absolute Gasteiger partial charge is 0.545 e. The molecule has 1 aliphatic rings. The van der Waals surface area contributed by atoms with E-state index in [0.717, 1.165) is 21.5 Å². The molecule has 0 spiro atoms. The van der Waals surface area contributed by atoms with E-state index in [9.17, 15) is 24.3 Å². The Hall–Kier alpha value is -2.65. The fourth-order valence-electron chi connectivity index (χ4n) is 2.91. The molecular weight excluding hydrogens is 402 g/mol. The summed E-state index contributed by atoms with van der Waals surface area (Å²) in [7, 11) is 1.24. The molecule has 1 aromatic carbocycles. The van der Waals surface area contributed by atoms with Gasteiger partial charge in [0.1, 0.15) is 5.00 Å². The SMILES string of the molecule is COC(=O)c1c(N2C(=O)C[C@@H](Sc3ccccc3C(=O)[O-])C2=O)sc(C)c1C. The lowest BCUT2D eigenvalue weighted by molar-refractivity contribution is -0.255. The number of methoxy groups -OCH3 is 1. The average Bonchev–Trinajstić information content (AvgIpc) is 3.10. The molecule has 146 valence electrons. The molecule has 2 aromatic rings. The van der Waals surface area contributed by atoms with Gasteiger partial charge < -0.3 is 14.6 Å². The number of amides is 2. The topological polar surface area (TPSA) is 104 Å². The van der Waals surface area contributed by atoms with Crippen LogP contribution in [0.5, 0.6) is 0 Å². The van der Waals surface area contributed by atoms with E-state index < -0.39 is 29.0 Å². The molecule has 28 heavy (non-hydrogen) atoms. The normalized spacial score (nSPS) is 16.5. The summed E-state index contributed by atoms with van der Waals surface area (Å²) >= 11 is 2.18. The quantitative estimate of drug-likeness (QED) is 0.540. The van der Waals surface area contributed by atoms with Crippen LogP contribution in [0.3, 0.4) is 0 Å². The number of carbonyl (C=O) groups is 4. The summed E-state index contributed by atoms with van der Waals surface area (Å²) in [6.45, 7) is 3.53. The second-order valence-electron chi connectivity index (χ2n) is 6.12. The first-order chi connectivity index (χ1) is 13.3. The minimum absolute atomic E-state index is 0.0377. The summed E-state index contributed by atoms with van der Waals surface area (Å²) in [6.07, 6.45) is -0.0957. The zero-order valence-electron chi connectivity index (χ0n) is 15.3. The first-order valence-electron chi connectivity index (χ1n) is 8.28. The first-order valence-corrected chi connectivity index (χ1v) is 9.98. The molecule has 0 aliphatic carbocycles. The van der Waals surface area contributed by atoms with Crippen molar-refractivity contribution in [2.24, 2.45) is 0 Å². The molecule has 1 aromatic heterocycles. The number of esters is 1. The van der Waals surface area contributed by atoms with Gasteiger partial charge in [-0.05, 0) is 25.5 Å². The molecule has 1 saturated heterocycles. The average molecular weight is 418 g/mol. The molecule has 2 heterocycles. The number of hydrogen-bond acceptors (Lipinski definition) is 8. The van der Waals surface area contributed by atoms with Crippen LogP contribution in [0.15, 0.2) is 29.2 Å². The number of hydrogen-bond donors (Lipinski definition) is 0. The van der Waals surface area contributed by atoms with Crippen LogP contribution >= 0.6 is 23.1 Å². The molecule has 0 N–H and O–H groups in total. The maximum Gasteiger partial charge on any atom is 0.341 e. The maximum absolute atomic E-state index is 13.0. The van der Waals surface area contributed by atoms with Crippen molar-refractivity contribution in [2.45, 2.75) is 30.4 Å². The summed E-state index contributed by atoms with van der Waals surface area (Å²) in [4.78, 5) is 51.2. The van der Waals surface area contributed by atoms with Crippen LogP contribution in [0.1, 0.15) is 37.6 Å². The summed E-state index contributed by atoms with van der Waals surface area (Å²) in [5, 5.41) is 10.7. The van der Waals surface area contributed by atoms with Gasteiger partial charge in [0, 0.05) is 21.8 Å². The van der Waals surface area contributed by atoms with Gasteiger partial charge in [0.15, 0.2) is 0 Å². The molecular formula is C19H16NO6S2-. The van der Waals surface area contributed by atoms with Crippen LogP contribution in [0.2, 0.25) is 0 Å². The molecule has 0 unspecified atom stereocenters. The number of aryl methyl sites for hydroxylation is 1. The number of thiophene rings is 1. The van der Waals surface area contributed by atoms with Crippen molar-refractivity contribution in [2.75, 3.05) is 12.0 Å². The van der Waals surface area contributed by atoms with Crippen molar-refractivity contribution in [3.63, 3.8) is 0 Å². The van der Waals surface area contributed by atoms with E-state index in [1.807, 2.05) is 0 Å². The van der Waals surface area contributed by atoms with Gasteiger partial charge in [-0.15, -0.1) is 23.1 Å². The highest BCUT2D eigenvalue weighted by molar-refractivity contribution is 8.00. The van der Waals surface area contributed by atoms with Gasteiger partial charge in [0.2, 0.25) is 11.8 Å². The lowest BCUT2D eigenvalue weighted by Crippen LogP contribution is -2.32. The Labute approximate surface area is 169 Å². The number of nitrogens with zero attached hydrogens (tertiary/aromatic N) is 1. The smallest absolute Gasteiger partial charge is 0.341 e. The van der Waals surface area contributed by atoms with Gasteiger partial charge in [0.05, 0.1) is 23.9 Å². The summed E-state index contributed by atoms with van der Waals surface area (Å²) in [5.41, 5.74) is 0.822.